The van der Waals surface area contributed by atoms with Crippen molar-refractivity contribution in [2.45, 2.75) is 31.7 Å². The van der Waals surface area contributed by atoms with E-state index in [1.165, 1.54) is 11.1 Å². The van der Waals surface area contributed by atoms with Gasteiger partial charge in [-0.25, -0.2) is 0 Å². The van der Waals surface area contributed by atoms with Crippen LogP contribution in [0, 0.1) is 0 Å². The topological polar surface area (TPSA) is 29.8 Å². The van der Waals surface area contributed by atoms with E-state index in [9.17, 15) is 0 Å². The standard InChI is InChI=1S/C22H24ClNO/c1-17(19-9-11-21(23)12-10-19)24-14-13-20(22-8-5-15-25-22)16-18-6-3-2-4-7-18/h2-12,15,17,20,24H,13-14,16H2,1H3/p+1/t17-,20+/m0/s1. The molecule has 130 valence electrons. The molecular weight excluding hydrogens is 330 g/mol. The van der Waals surface area contributed by atoms with Crippen LogP contribution in [0.3, 0.4) is 0 Å². The van der Waals surface area contributed by atoms with Crippen molar-refractivity contribution in [1.82, 2.24) is 0 Å². The van der Waals surface area contributed by atoms with Crippen molar-refractivity contribution in [2.24, 2.45) is 0 Å². The smallest absolute Gasteiger partial charge is 0.109 e. The molecule has 0 fully saturated rings. The summed E-state index contributed by atoms with van der Waals surface area (Å²) in [4.78, 5) is 0. The van der Waals surface area contributed by atoms with Gasteiger partial charge in [-0.2, -0.15) is 0 Å². The number of halogens is 1. The largest absolute Gasteiger partial charge is 0.469 e. The first-order valence-electron chi connectivity index (χ1n) is 8.88. The molecule has 0 spiro atoms. The summed E-state index contributed by atoms with van der Waals surface area (Å²) in [7, 11) is 0. The fraction of sp³-hybridized carbons (Fsp3) is 0.273. The minimum absolute atomic E-state index is 0.408. The van der Waals surface area contributed by atoms with Crippen LogP contribution in [0.1, 0.15) is 42.2 Å². The molecule has 0 radical (unpaired) electrons. The van der Waals surface area contributed by atoms with Gasteiger partial charge in [-0.1, -0.05) is 54.1 Å². The maximum Gasteiger partial charge on any atom is 0.109 e. The van der Waals surface area contributed by atoms with Gasteiger partial charge in [0, 0.05) is 22.9 Å². The fourth-order valence-electron chi connectivity index (χ4n) is 3.22. The van der Waals surface area contributed by atoms with Crippen molar-refractivity contribution in [3.05, 3.63) is 94.9 Å². The second-order valence-corrected chi connectivity index (χ2v) is 6.99. The minimum Gasteiger partial charge on any atom is -0.469 e. The van der Waals surface area contributed by atoms with E-state index in [1.807, 2.05) is 18.2 Å². The monoisotopic (exact) mass is 354 g/mol. The fourth-order valence-corrected chi connectivity index (χ4v) is 3.34. The average Bonchev–Trinajstić information content (AvgIpc) is 3.17. The van der Waals surface area contributed by atoms with E-state index in [1.54, 1.807) is 6.26 Å². The summed E-state index contributed by atoms with van der Waals surface area (Å²) < 4.78 is 5.69. The predicted molar refractivity (Wildman–Crippen MR) is 103 cm³/mol. The van der Waals surface area contributed by atoms with Crippen LogP contribution in [-0.2, 0) is 6.42 Å². The summed E-state index contributed by atoms with van der Waals surface area (Å²) in [5.74, 6) is 1.49. The molecule has 0 aliphatic carbocycles. The quantitative estimate of drug-likeness (QED) is 0.607. The SMILES string of the molecule is C[C@H]([NH2+]CC[C@H](Cc1ccccc1)c1ccco1)c1ccc(Cl)cc1. The van der Waals surface area contributed by atoms with Gasteiger partial charge in [0.15, 0.2) is 0 Å². The molecule has 1 heterocycles. The van der Waals surface area contributed by atoms with Gasteiger partial charge < -0.3 is 9.73 Å². The molecule has 0 amide bonds. The molecular formula is C22H25ClNO+. The first-order valence-corrected chi connectivity index (χ1v) is 9.26. The van der Waals surface area contributed by atoms with Crippen molar-refractivity contribution in [1.29, 1.82) is 0 Å². The van der Waals surface area contributed by atoms with Crippen molar-refractivity contribution in [3.8, 4) is 0 Å². The molecule has 0 aliphatic heterocycles. The summed E-state index contributed by atoms with van der Waals surface area (Å²) in [6, 6.07) is 23.3. The van der Waals surface area contributed by atoms with Crippen molar-refractivity contribution in [2.75, 3.05) is 6.54 Å². The maximum atomic E-state index is 5.98. The number of furan rings is 1. The van der Waals surface area contributed by atoms with E-state index in [-0.39, 0.29) is 0 Å². The Kier molecular flexibility index (Phi) is 6.32. The molecule has 2 nitrogen and oxygen atoms in total. The Hall–Kier alpha value is -2.03. The van der Waals surface area contributed by atoms with Gasteiger partial charge in [-0.3, -0.25) is 0 Å². The molecule has 0 bridgehead atoms. The zero-order chi connectivity index (χ0) is 17.5. The van der Waals surface area contributed by atoms with E-state index in [2.05, 4.69) is 60.8 Å². The second-order valence-electron chi connectivity index (χ2n) is 6.56. The predicted octanol–water partition coefficient (Wildman–Crippen LogP) is 4.97. The lowest BCUT2D eigenvalue weighted by Gasteiger charge is -2.16. The Labute approximate surface area is 154 Å². The van der Waals surface area contributed by atoms with Gasteiger partial charge in [0.05, 0.1) is 12.8 Å². The summed E-state index contributed by atoms with van der Waals surface area (Å²) in [6.07, 6.45) is 3.87. The highest BCUT2D eigenvalue weighted by Gasteiger charge is 2.17. The van der Waals surface area contributed by atoms with E-state index in [0.29, 0.717) is 12.0 Å². The highest BCUT2D eigenvalue weighted by molar-refractivity contribution is 6.30. The third kappa shape index (κ3) is 5.22. The molecule has 1 aromatic heterocycles. The molecule has 25 heavy (non-hydrogen) atoms. The zero-order valence-electron chi connectivity index (χ0n) is 14.6. The molecule has 0 aliphatic rings. The molecule has 3 aromatic rings. The van der Waals surface area contributed by atoms with Crippen LogP contribution in [0.15, 0.2) is 77.4 Å². The van der Waals surface area contributed by atoms with Crippen LogP contribution in [0.2, 0.25) is 5.02 Å². The van der Waals surface area contributed by atoms with Gasteiger partial charge in [-0.15, -0.1) is 0 Å². The molecule has 3 heteroatoms. The van der Waals surface area contributed by atoms with Gasteiger partial charge in [0.2, 0.25) is 0 Å². The molecule has 0 unspecified atom stereocenters. The Morgan fingerprint density at radius 2 is 1.72 bits per heavy atom. The lowest BCUT2D eigenvalue weighted by molar-refractivity contribution is -0.693. The van der Waals surface area contributed by atoms with Crippen LogP contribution >= 0.6 is 11.6 Å². The van der Waals surface area contributed by atoms with Crippen LogP contribution in [0.5, 0.6) is 0 Å². The highest BCUT2D eigenvalue weighted by Crippen LogP contribution is 2.24. The van der Waals surface area contributed by atoms with Crippen LogP contribution < -0.4 is 5.32 Å². The first kappa shape index (κ1) is 17.8. The number of quaternary nitrogens is 1. The normalized spacial score (nSPS) is 13.5. The van der Waals surface area contributed by atoms with Gasteiger partial charge in [-0.05, 0) is 43.2 Å². The van der Waals surface area contributed by atoms with Crippen LogP contribution in [0.4, 0.5) is 0 Å². The molecule has 3 rings (SSSR count). The van der Waals surface area contributed by atoms with Crippen LogP contribution in [-0.4, -0.2) is 6.54 Å². The van der Waals surface area contributed by atoms with Crippen molar-refractivity contribution in [3.63, 3.8) is 0 Å². The summed E-state index contributed by atoms with van der Waals surface area (Å²) in [5.41, 5.74) is 2.66. The lowest BCUT2D eigenvalue weighted by Crippen LogP contribution is -2.84. The molecule has 0 saturated heterocycles. The number of benzene rings is 2. The number of hydrogen-bond acceptors (Lipinski definition) is 1. The zero-order valence-corrected chi connectivity index (χ0v) is 15.3. The highest BCUT2D eigenvalue weighted by atomic mass is 35.5. The van der Waals surface area contributed by atoms with Gasteiger partial charge in [0.1, 0.15) is 11.8 Å². The third-order valence-corrected chi connectivity index (χ3v) is 4.95. The van der Waals surface area contributed by atoms with Gasteiger partial charge >= 0.3 is 0 Å². The lowest BCUT2D eigenvalue weighted by atomic mass is 9.93. The molecule has 2 atom stereocenters. The first-order chi connectivity index (χ1) is 12.2. The molecule has 2 aromatic carbocycles. The summed E-state index contributed by atoms with van der Waals surface area (Å²) in [6.45, 7) is 3.30. The third-order valence-electron chi connectivity index (χ3n) is 4.70. The minimum atomic E-state index is 0.408. The summed E-state index contributed by atoms with van der Waals surface area (Å²) in [5, 5.41) is 3.18. The number of rotatable bonds is 8. The van der Waals surface area contributed by atoms with Crippen molar-refractivity contribution < 1.29 is 9.73 Å². The van der Waals surface area contributed by atoms with Gasteiger partial charge in [0.25, 0.3) is 0 Å². The van der Waals surface area contributed by atoms with Crippen LogP contribution in [0.25, 0.3) is 0 Å². The van der Waals surface area contributed by atoms with E-state index in [4.69, 9.17) is 16.0 Å². The number of hydrogen-bond donors (Lipinski definition) is 1. The Morgan fingerprint density at radius 1 is 0.960 bits per heavy atom. The molecule has 0 saturated carbocycles. The Bertz CT molecular complexity index is 737. The Balaban J connectivity index is 1.58. The summed E-state index contributed by atoms with van der Waals surface area (Å²) >= 11 is 5.98. The molecule has 2 N–H and O–H groups in total. The van der Waals surface area contributed by atoms with E-state index in [0.717, 1.165) is 30.2 Å². The maximum absolute atomic E-state index is 5.98. The van der Waals surface area contributed by atoms with E-state index >= 15 is 0 Å². The Morgan fingerprint density at radius 3 is 2.40 bits per heavy atom. The van der Waals surface area contributed by atoms with E-state index < -0.39 is 0 Å². The average molecular weight is 355 g/mol. The second kappa shape index (κ2) is 8.89. The van der Waals surface area contributed by atoms with Crippen molar-refractivity contribution >= 4 is 11.6 Å². The number of nitrogens with two attached hydrogens (primary N) is 1.